The molecule has 1 fully saturated rings. The Morgan fingerprint density at radius 1 is 0.909 bits per heavy atom. The second-order valence-corrected chi connectivity index (χ2v) is 12.1. The molecule has 11 heteroatoms. The molecule has 234 valence electrons. The molecule has 4 nitrogen and oxygen atoms in total. The SMILES string of the molecule is N=C(COCc1cc(C(F)(F)F)cc(C(F)(F)F)c1)C(CCN1CCC(O)(c2ccccc2)CC1)c1csc2ccccc12. The van der Waals surface area contributed by atoms with E-state index in [1.54, 1.807) is 11.3 Å². The molecule has 2 heterocycles. The summed E-state index contributed by atoms with van der Waals surface area (Å²) in [7, 11) is 0. The van der Waals surface area contributed by atoms with Gasteiger partial charge in [-0.05, 0) is 77.5 Å². The lowest BCUT2D eigenvalue weighted by molar-refractivity contribution is -0.143. The quantitative estimate of drug-likeness (QED) is 0.136. The molecule has 0 spiro atoms. The lowest BCUT2D eigenvalue weighted by Crippen LogP contribution is -2.43. The van der Waals surface area contributed by atoms with E-state index in [0.29, 0.717) is 51.0 Å². The fraction of sp³-hybridized carbons (Fsp3) is 0.364. The third-order valence-electron chi connectivity index (χ3n) is 8.21. The highest BCUT2D eigenvalue weighted by Crippen LogP contribution is 2.38. The molecule has 44 heavy (non-hydrogen) atoms. The molecule has 0 aliphatic carbocycles. The number of rotatable bonds is 10. The van der Waals surface area contributed by atoms with Crippen LogP contribution in [0.25, 0.3) is 10.1 Å². The maximum absolute atomic E-state index is 13.3. The maximum Gasteiger partial charge on any atom is 0.416 e. The molecule has 1 aliphatic heterocycles. The molecule has 1 saturated heterocycles. The Hall–Kier alpha value is -3.25. The fourth-order valence-corrected chi connectivity index (χ4v) is 6.78. The summed E-state index contributed by atoms with van der Waals surface area (Å²) < 4.78 is 86.3. The van der Waals surface area contributed by atoms with Gasteiger partial charge < -0.3 is 20.2 Å². The minimum Gasteiger partial charge on any atom is -0.385 e. The van der Waals surface area contributed by atoms with E-state index in [1.165, 1.54) is 0 Å². The first-order chi connectivity index (χ1) is 20.8. The number of fused-ring (bicyclic) bond motifs is 1. The summed E-state index contributed by atoms with van der Waals surface area (Å²) in [6.07, 6.45) is -8.19. The van der Waals surface area contributed by atoms with Crippen LogP contribution >= 0.6 is 11.3 Å². The smallest absolute Gasteiger partial charge is 0.385 e. The first-order valence-electron chi connectivity index (χ1n) is 14.2. The zero-order chi connectivity index (χ0) is 31.5. The molecule has 3 aromatic carbocycles. The van der Waals surface area contributed by atoms with Gasteiger partial charge in [0.15, 0.2) is 0 Å². The summed E-state index contributed by atoms with van der Waals surface area (Å²) in [4.78, 5) is 2.24. The van der Waals surface area contributed by atoms with E-state index in [-0.39, 0.29) is 29.9 Å². The Labute approximate surface area is 255 Å². The van der Waals surface area contributed by atoms with Gasteiger partial charge in [0.25, 0.3) is 0 Å². The second-order valence-electron chi connectivity index (χ2n) is 11.2. The number of hydrogen-bond donors (Lipinski definition) is 2. The van der Waals surface area contributed by atoms with Crippen molar-refractivity contribution < 1.29 is 36.2 Å². The number of alkyl halides is 6. The molecule has 2 N–H and O–H groups in total. The number of nitrogens with one attached hydrogen (secondary N) is 1. The molecular weight excluding hydrogens is 602 g/mol. The van der Waals surface area contributed by atoms with Crippen LogP contribution in [0, 0.1) is 5.41 Å². The molecule has 0 radical (unpaired) electrons. The van der Waals surface area contributed by atoms with Gasteiger partial charge in [-0.1, -0.05) is 48.5 Å². The maximum atomic E-state index is 13.3. The number of piperidine rings is 1. The van der Waals surface area contributed by atoms with Gasteiger partial charge in [-0.15, -0.1) is 11.3 Å². The molecule has 0 bridgehead atoms. The van der Waals surface area contributed by atoms with Gasteiger partial charge in [0.05, 0.1) is 29.9 Å². The molecule has 4 aromatic rings. The van der Waals surface area contributed by atoms with Crippen LogP contribution in [-0.4, -0.2) is 42.0 Å². The Kier molecular flexibility index (Phi) is 9.50. The predicted octanol–water partition coefficient (Wildman–Crippen LogP) is 8.63. The van der Waals surface area contributed by atoms with Crippen molar-refractivity contribution in [2.45, 2.75) is 49.7 Å². The number of benzene rings is 3. The van der Waals surface area contributed by atoms with E-state index in [4.69, 9.17) is 10.1 Å². The van der Waals surface area contributed by atoms with Gasteiger partial charge in [0.2, 0.25) is 0 Å². The molecule has 1 aliphatic rings. The number of aliphatic hydroxyl groups is 1. The summed E-state index contributed by atoms with van der Waals surface area (Å²) in [5.74, 6) is -0.367. The van der Waals surface area contributed by atoms with E-state index in [9.17, 15) is 31.4 Å². The third kappa shape index (κ3) is 7.51. The molecule has 1 unspecified atom stereocenters. The first-order valence-corrected chi connectivity index (χ1v) is 15.1. The van der Waals surface area contributed by atoms with Crippen LogP contribution in [0.5, 0.6) is 0 Å². The normalized spacial score (nSPS) is 16.7. The second kappa shape index (κ2) is 13.0. The number of likely N-dealkylation sites (tertiary alicyclic amines) is 1. The number of halogens is 6. The molecule has 1 aromatic heterocycles. The van der Waals surface area contributed by atoms with Crippen molar-refractivity contribution in [1.82, 2.24) is 4.90 Å². The molecular formula is C33H32F6N2O2S. The van der Waals surface area contributed by atoms with Gasteiger partial charge in [-0.3, -0.25) is 0 Å². The largest absolute Gasteiger partial charge is 0.416 e. The third-order valence-corrected chi connectivity index (χ3v) is 9.19. The van der Waals surface area contributed by atoms with E-state index >= 15 is 0 Å². The van der Waals surface area contributed by atoms with Crippen molar-refractivity contribution in [3.8, 4) is 0 Å². The predicted molar refractivity (Wildman–Crippen MR) is 159 cm³/mol. The van der Waals surface area contributed by atoms with Crippen molar-refractivity contribution >= 4 is 27.1 Å². The Bertz CT molecular complexity index is 1540. The van der Waals surface area contributed by atoms with E-state index in [0.717, 1.165) is 21.2 Å². The van der Waals surface area contributed by atoms with Crippen LogP contribution < -0.4 is 0 Å². The fourth-order valence-electron chi connectivity index (χ4n) is 5.76. The highest BCUT2D eigenvalue weighted by Gasteiger charge is 2.37. The van der Waals surface area contributed by atoms with Crippen LogP contribution in [-0.2, 0) is 29.3 Å². The molecule has 0 amide bonds. The van der Waals surface area contributed by atoms with Gasteiger partial charge in [-0.25, -0.2) is 0 Å². The van der Waals surface area contributed by atoms with Crippen LogP contribution in [0.3, 0.4) is 0 Å². The minimum absolute atomic E-state index is 0.0878. The monoisotopic (exact) mass is 634 g/mol. The average molecular weight is 635 g/mol. The zero-order valence-corrected chi connectivity index (χ0v) is 24.5. The van der Waals surface area contributed by atoms with Crippen molar-refractivity contribution in [1.29, 1.82) is 5.41 Å². The number of ether oxygens (including phenoxy) is 1. The van der Waals surface area contributed by atoms with Crippen molar-refractivity contribution in [3.05, 3.63) is 106 Å². The summed E-state index contributed by atoms with van der Waals surface area (Å²) in [5.41, 5.74) is -1.93. The van der Waals surface area contributed by atoms with Crippen molar-refractivity contribution in [2.24, 2.45) is 0 Å². The summed E-state index contributed by atoms with van der Waals surface area (Å²) >= 11 is 1.55. The van der Waals surface area contributed by atoms with Crippen LogP contribution in [0.4, 0.5) is 26.3 Å². The summed E-state index contributed by atoms with van der Waals surface area (Å²) in [6.45, 7) is 1.23. The van der Waals surface area contributed by atoms with Crippen LogP contribution in [0.2, 0.25) is 0 Å². The lowest BCUT2D eigenvalue weighted by atomic mass is 9.84. The van der Waals surface area contributed by atoms with Crippen LogP contribution in [0.1, 0.15) is 53.0 Å². The minimum atomic E-state index is -4.95. The Morgan fingerprint density at radius 3 is 2.16 bits per heavy atom. The van der Waals surface area contributed by atoms with E-state index < -0.39 is 35.7 Å². The average Bonchev–Trinajstić information content (AvgIpc) is 3.42. The van der Waals surface area contributed by atoms with Gasteiger partial charge in [0.1, 0.15) is 0 Å². The summed E-state index contributed by atoms with van der Waals surface area (Å²) in [6, 6.07) is 18.8. The van der Waals surface area contributed by atoms with Gasteiger partial charge >= 0.3 is 12.4 Å². The highest BCUT2D eigenvalue weighted by atomic mass is 32.1. The van der Waals surface area contributed by atoms with Crippen molar-refractivity contribution in [3.63, 3.8) is 0 Å². The zero-order valence-electron chi connectivity index (χ0n) is 23.7. The van der Waals surface area contributed by atoms with E-state index in [1.807, 2.05) is 60.0 Å². The molecule has 1 atom stereocenters. The van der Waals surface area contributed by atoms with E-state index in [2.05, 4.69) is 4.90 Å². The van der Waals surface area contributed by atoms with Crippen molar-refractivity contribution in [2.75, 3.05) is 26.2 Å². The van der Waals surface area contributed by atoms with Crippen LogP contribution in [0.15, 0.2) is 78.2 Å². The Morgan fingerprint density at radius 2 is 1.52 bits per heavy atom. The summed E-state index contributed by atoms with van der Waals surface area (Å²) in [5, 5.41) is 23.1. The first kappa shape index (κ1) is 32.2. The molecule has 0 saturated carbocycles. The highest BCUT2D eigenvalue weighted by molar-refractivity contribution is 7.17. The van der Waals surface area contributed by atoms with Gasteiger partial charge in [-0.2, -0.15) is 26.3 Å². The number of hydrogen-bond acceptors (Lipinski definition) is 5. The topological polar surface area (TPSA) is 56.5 Å². The standard InChI is InChI=1S/C33H32F6N2O2S/c34-32(35,36)24-16-22(17-25(18-24)33(37,38)39)19-43-20-29(40)26(28-21-44-30-9-5-4-8-27(28)30)10-13-41-14-11-31(42,12-15-41)23-6-2-1-3-7-23/h1-9,16-18,21,26,40,42H,10-15,19-20H2. The number of nitrogens with zero attached hydrogens (tertiary/aromatic N) is 1. The Balaban J connectivity index is 1.27. The lowest BCUT2D eigenvalue weighted by Gasteiger charge is -2.39. The van der Waals surface area contributed by atoms with Gasteiger partial charge in [0, 0.05) is 29.4 Å². The molecule has 5 rings (SSSR count). The number of thiophene rings is 1.